The van der Waals surface area contributed by atoms with Gasteiger partial charge in [-0.05, 0) is 24.3 Å². The minimum absolute atomic E-state index is 0.00796. The van der Waals surface area contributed by atoms with Crippen molar-refractivity contribution in [1.29, 1.82) is 0 Å². The summed E-state index contributed by atoms with van der Waals surface area (Å²) < 4.78 is 52.3. The third-order valence-corrected chi connectivity index (χ3v) is 8.35. The number of nitro groups is 1. The molecule has 27 heavy (non-hydrogen) atoms. The Balaban J connectivity index is 2.24. The maximum absolute atomic E-state index is 13.1. The maximum Gasteiger partial charge on any atom is 0.317 e. The Hall–Kier alpha value is -2.18. The Labute approximate surface area is 157 Å². The fraction of sp³-hybridized carbons (Fsp3) is 0.250. The molecule has 0 saturated carbocycles. The summed E-state index contributed by atoms with van der Waals surface area (Å²) in [6.07, 6.45) is 0. The zero-order chi connectivity index (χ0) is 19.8. The maximum atomic E-state index is 13.1. The number of ether oxygens (including phenoxy) is 1. The van der Waals surface area contributed by atoms with Gasteiger partial charge in [-0.25, -0.2) is 8.42 Å². The van der Waals surface area contributed by atoms with Crippen LogP contribution in [0.25, 0.3) is 0 Å². The number of benzene rings is 2. The van der Waals surface area contributed by atoms with Crippen LogP contribution in [0.3, 0.4) is 0 Å². The Bertz CT molecular complexity index is 978. The van der Waals surface area contributed by atoms with Gasteiger partial charge in [0.2, 0.25) is 0 Å². The number of hydrogen-bond acceptors (Lipinski definition) is 8. The summed E-state index contributed by atoms with van der Waals surface area (Å²) in [6.45, 7) is 0.0984. The van der Waals surface area contributed by atoms with Crippen LogP contribution >= 0.6 is 10.6 Å². The lowest BCUT2D eigenvalue weighted by Gasteiger charge is -2.27. The summed E-state index contributed by atoms with van der Waals surface area (Å²) in [5.41, 5.74) is 4.55. The summed E-state index contributed by atoms with van der Waals surface area (Å²) in [5, 5.41) is 10.2. The van der Waals surface area contributed by atoms with Crippen LogP contribution < -0.4 is 10.5 Å². The number of nitro benzene ring substituents is 1. The van der Waals surface area contributed by atoms with Crippen molar-refractivity contribution in [3.8, 4) is 5.75 Å². The SMILES string of the molecule is NCCOc1ccc2c(c1[N+](=O)[O-])C(S(=O)(=O)c1ccccc1)CS2(O)O. The van der Waals surface area contributed by atoms with Crippen molar-refractivity contribution in [2.45, 2.75) is 15.0 Å². The van der Waals surface area contributed by atoms with Crippen molar-refractivity contribution in [1.82, 2.24) is 0 Å². The first kappa shape index (κ1) is 19.6. The van der Waals surface area contributed by atoms with E-state index in [1.165, 1.54) is 36.4 Å². The van der Waals surface area contributed by atoms with Crippen LogP contribution in [0.4, 0.5) is 5.69 Å². The zero-order valence-corrected chi connectivity index (χ0v) is 15.6. The molecular formula is C16H18N2O7S2. The quantitative estimate of drug-likeness (QED) is 0.481. The van der Waals surface area contributed by atoms with E-state index in [1.54, 1.807) is 6.07 Å². The summed E-state index contributed by atoms with van der Waals surface area (Å²) >= 11 is 0. The van der Waals surface area contributed by atoms with Crippen LogP contribution in [0.1, 0.15) is 10.8 Å². The lowest BCUT2D eigenvalue weighted by molar-refractivity contribution is -0.386. The van der Waals surface area contributed by atoms with Gasteiger partial charge in [0, 0.05) is 6.54 Å². The topological polar surface area (TPSA) is 153 Å². The Kier molecular flexibility index (Phi) is 5.14. The summed E-state index contributed by atoms with van der Waals surface area (Å²) in [4.78, 5) is 10.8. The molecule has 1 aliphatic rings. The summed E-state index contributed by atoms with van der Waals surface area (Å²) in [5.74, 6) is -0.699. The van der Waals surface area contributed by atoms with E-state index >= 15 is 0 Å². The van der Waals surface area contributed by atoms with Crippen molar-refractivity contribution < 1.29 is 27.2 Å². The van der Waals surface area contributed by atoms with Gasteiger partial charge in [-0.2, -0.15) is 10.6 Å². The number of nitrogens with two attached hydrogens (primary N) is 1. The van der Waals surface area contributed by atoms with Gasteiger partial charge in [0.1, 0.15) is 11.9 Å². The average molecular weight is 414 g/mol. The number of sulfone groups is 1. The minimum atomic E-state index is -4.10. The minimum Gasteiger partial charge on any atom is -0.485 e. The Morgan fingerprint density at radius 3 is 2.48 bits per heavy atom. The highest BCUT2D eigenvalue weighted by Crippen LogP contribution is 2.64. The molecule has 0 radical (unpaired) electrons. The van der Waals surface area contributed by atoms with Crippen LogP contribution in [0.15, 0.2) is 52.3 Å². The monoisotopic (exact) mass is 414 g/mol. The zero-order valence-electron chi connectivity index (χ0n) is 14.0. The highest BCUT2D eigenvalue weighted by atomic mass is 32.3. The second-order valence-electron chi connectivity index (χ2n) is 5.90. The van der Waals surface area contributed by atoms with Crippen LogP contribution in [0, 0.1) is 10.1 Å². The molecule has 1 unspecified atom stereocenters. The molecule has 3 rings (SSSR count). The largest absolute Gasteiger partial charge is 0.485 e. The second kappa shape index (κ2) is 7.09. The first-order valence-corrected chi connectivity index (χ1v) is 11.2. The molecule has 1 atom stereocenters. The predicted octanol–water partition coefficient (Wildman–Crippen LogP) is 2.57. The fourth-order valence-corrected chi connectivity index (χ4v) is 7.46. The first-order valence-electron chi connectivity index (χ1n) is 7.89. The molecule has 2 aromatic rings. The van der Waals surface area contributed by atoms with Gasteiger partial charge < -0.3 is 10.5 Å². The molecule has 0 bridgehead atoms. The van der Waals surface area contributed by atoms with E-state index in [2.05, 4.69) is 0 Å². The first-order chi connectivity index (χ1) is 12.7. The van der Waals surface area contributed by atoms with Crippen molar-refractivity contribution in [3.05, 3.63) is 58.1 Å². The highest BCUT2D eigenvalue weighted by molar-refractivity contribution is 8.25. The molecule has 1 aliphatic heterocycles. The molecule has 1 heterocycles. The Morgan fingerprint density at radius 1 is 1.22 bits per heavy atom. The molecule has 9 nitrogen and oxygen atoms in total. The van der Waals surface area contributed by atoms with E-state index in [4.69, 9.17) is 10.5 Å². The third-order valence-electron chi connectivity index (χ3n) is 4.20. The summed E-state index contributed by atoms with van der Waals surface area (Å²) in [6, 6.07) is 9.91. The highest BCUT2D eigenvalue weighted by Gasteiger charge is 2.48. The molecule has 146 valence electrons. The van der Waals surface area contributed by atoms with E-state index in [0.717, 1.165) is 0 Å². The molecular weight excluding hydrogens is 396 g/mol. The van der Waals surface area contributed by atoms with Crippen molar-refractivity contribution in [2.75, 3.05) is 18.9 Å². The van der Waals surface area contributed by atoms with E-state index in [1.807, 2.05) is 0 Å². The smallest absolute Gasteiger partial charge is 0.317 e. The van der Waals surface area contributed by atoms with Gasteiger partial charge in [-0.3, -0.25) is 19.2 Å². The molecule has 4 N–H and O–H groups in total. The van der Waals surface area contributed by atoms with Crippen LogP contribution in [-0.2, 0) is 9.84 Å². The lowest BCUT2D eigenvalue weighted by atomic mass is 10.1. The van der Waals surface area contributed by atoms with Crippen molar-refractivity contribution in [3.63, 3.8) is 0 Å². The molecule has 0 aliphatic carbocycles. The standard InChI is InChI=1S/C16H18N2O7S2/c17-8-9-25-12-6-7-13-15(16(12)18(19)20)14(10-26(13,21)22)27(23,24)11-4-2-1-3-5-11/h1-7,14,21-22H,8-10,17H2. The average Bonchev–Trinajstić information content (AvgIpc) is 2.92. The molecule has 0 aromatic heterocycles. The fourth-order valence-electron chi connectivity index (χ4n) is 3.04. The normalized spacial score (nSPS) is 19.3. The molecule has 0 fully saturated rings. The van der Waals surface area contributed by atoms with Crippen molar-refractivity contribution >= 4 is 26.1 Å². The second-order valence-corrected chi connectivity index (χ2v) is 10.1. The van der Waals surface area contributed by atoms with Crippen LogP contribution in [-0.4, -0.2) is 41.4 Å². The van der Waals surface area contributed by atoms with Gasteiger partial charge in [0.25, 0.3) is 0 Å². The Morgan fingerprint density at radius 2 is 1.89 bits per heavy atom. The van der Waals surface area contributed by atoms with Gasteiger partial charge in [-0.1, -0.05) is 18.2 Å². The van der Waals surface area contributed by atoms with Gasteiger partial charge in [0.05, 0.1) is 26.0 Å². The molecule has 0 spiro atoms. The molecule has 0 saturated heterocycles. The number of rotatable bonds is 6. The van der Waals surface area contributed by atoms with Gasteiger partial charge >= 0.3 is 5.69 Å². The van der Waals surface area contributed by atoms with E-state index < -0.39 is 42.0 Å². The molecule has 2 aromatic carbocycles. The molecule has 11 heteroatoms. The van der Waals surface area contributed by atoms with Gasteiger partial charge in [-0.15, -0.1) is 0 Å². The van der Waals surface area contributed by atoms with E-state index in [9.17, 15) is 27.6 Å². The van der Waals surface area contributed by atoms with Crippen molar-refractivity contribution in [2.24, 2.45) is 5.73 Å². The predicted molar refractivity (Wildman–Crippen MR) is 100.0 cm³/mol. The van der Waals surface area contributed by atoms with Crippen LogP contribution in [0.5, 0.6) is 5.75 Å². The number of nitrogens with zero attached hydrogens (tertiary/aromatic N) is 1. The lowest BCUT2D eigenvalue weighted by Crippen LogP contribution is -2.17. The number of fused-ring (bicyclic) bond motifs is 1. The third kappa shape index (κ3) is 3.39. The number of hydrogen-bond donors (Lipinski definition) is 3. The van der Waals surface area contributed by atoms with E-state index in [-0.39, 0.29) is 34.3 Å². The summed E-state index contributed by atoms with van der Waals surface area (Å²) in [7, 11) is -7.60. The van der Waals surface area contributed by atoms with E-state index in [0.29, 0.717) is 0 Å². The van der Waals surface area contributed by atoms with Crippen LogP contribution in [0.2, 0.25) is 0 Å². The van der Waals surface area contributed by atoms with Gasteiger partial charge in [0.15, 0.2) is 15.6 Å². The molecule has 0 amide bonds.